The Balaban J connectivity index is 1.98. The predicted octanol–water partition coefficient (Wildman–Crippen LogP) is 1.97. The lowest BCUT2D eigenvalue weighted by molar-refractivity contribution is 0.540. The van der Waals surface area contributed by atoms with Crippen LogP contribution in [0.1, 0.15) is 24.5 Å². The van der Waals surface area contributed by atoms with E-state index in [2.05, 4.69) is 62.8 Å². The van der Waals surface area contributed by atoms with Crippen molar-refractivity contribution in [3.05, 3.63) is 32.7 Å². The molecule has 0 radical (unpaired) electrons. The van der Waals surface area contributed by atoms with Crippen molar-refractivity contribution >= 4 is 31.9 Å². The Morgan fingerprint density at radius 3 is 2.94 bits per heavy atom. The zero-order chi connectivity index (χ0) is 12.3. The Morgan fingerprint density at radius 1 is 1.47 bits per heavy atom. The number of hydrogen-bond acceptors (Lipinski definition) is 5. The molecule has 2 aromatic rings. The molecule has 6 nitrogen and oxygen atoms in total. The minimum absolute atomic E-state index is 0.0195. The van der Waals surface area contributed by atoms with Crippen LogP contribution in [0.3, 0.4) is 0 Å². The zero-order valence-electron chi connectivity index (χ0n) is 8.98. The Labute approximate surface area is 115 Å². The van der Waals surface area contributed by atoms with Gasteiger partial charge in [-0.3, -0.25) is 4.98 Å². The molecule has 0 saturated carbocycles. The van der Waals surface area contributed by atoms with Crippen molar-refractivity contribution in [2.45, 2.75) is 19.5 Å². The average molecular weight is 362 g/mol. The molecule has 17 heavy (non-hydrogen) atoms. The summed E-state index contributed by atoms with van der Waals surface area (Å²) in [7, 11) is 0. The molecule has 0 bridgehead atoms. The minimum Gasteiger partial charge on any atom is -0.302 e. The van der Waals surface area contributed by atoms with Crippen LogP contribution in [-0.2, 0) is 6.54 Å². The van der Waals surface area contributed by atoms with Crippen molar-refractivity contribution in [3.63, 3.8) is 0 Å². The van der Waals surface area contributed by atoms with Gasteiger partial charge in [0.1, 0.15) is 0 Å². The molecule has 0 aliphatic heterocycles. The molecule has 0 saturated heterocycles. The lowest BCUT2D eigenvalue weighted by atomic mass is 10.3. The van der Waals surface area contributed by atoms with Gasteiger partial charge in [-0.05, 0) is 44.8 Å². The number of pyridine rings is 1. The number of hydrogen-bond donors (Lipinski definition) is 2. The first-order valence-electron chi connectivity index (χ1n) is 4.93. The summed E-state index contributed by atoms with van der Waals surface area (Å²) in [5, 5.41) is 17.0. The molecule has 0 fully saturated rings. The van der Waals surface area contributed by atoms with Crippen LogP contribution in [0.5, 0.6) is 0 Å². The molecule has 2 N–H and O–H groups in total. The molecular formula is C9H10Br2N6. The SMILES string of the molecule is CC(NCc1ncc(Br)cc1Br)c1nn[nH]n1. The average Bonchev–Trinajstić information content (AvgIpc) is 2.81. The number of tetrazole rings is 1. The van der Waals surface area contributed by atoms with Crippen molar-refractivity contribution < 1.29 is 0 Å². The van der Waals surface area contributed by atoms with Gasteiger partial charge < -0.3 is 5.32 Å². The normalized spacial score (nSPS) is 12.6. The summed E-state index contributed by atoms with van der Waals surface area (Å²) in [6.07, 6.45) is 1.76. The maximum atomic E-state index is 4.31. The molecule has 0 spiro atoms. The Hall–Kier alpha value is -0.860. The lowest BCUT2D eigenvalue weighted by Crippen LogP contribution is -2.20. The van der Waals surface area contributed by atoms with E-state index in [9.17, 15) is 0 Å². The van der Waals surface area contributed by atoms with Crippen LogP contribution >= 0.6 is 31.9 Å². The number of H-pyrrole nitrogens is 1. The Kier molecular flexibility index (Phi) is 4.19. The molecule has 0 aromatic carbocycles. The first kappa shape index (κ1) is 12.6. The molecule has 2 heterocycles. The highest BCUT2D eigenvalue weighted by molar-refractivity contribution is 9.11. The summed E-state index contributed by atoms with van der Waals surface area (Å²) >= 11 is 6.83. The van der Waals surface area contributed by atoms with Gasteiger partial charge in [0.25, 0.3) is 0 Å². The van der Waals surface area contributed by atoms with Crippen molar-refractivity contribution in [1.29, 1.82) is 0 Å². The van der Waals surface area contributed by atoms with Gasteiger partial charge in [0.15, 0.2) is 5.82 Å². The highest BCUT2D eigenvalue weighted by Crippen LogP contribution is 2.19. The van der Waals surface area contributed by atoms with E-state index in [1.165, 1.54) is 0 Å². The van der Waals surface area contributed by atoms with Crippen LogP contribution < -0.4 is 5.32 Å². The second-order valence-corrected chi connectivity index (χ2v) is 5.22. The van der Waals surface area contributed by atoms with Gasteiger partial charge in [-0.2, -0.15) is 5.21 Å². The van der Waals surface area contributed by atoms with Crippen molar-refractivity contribution in [2.75, 3.05) is 0 Å². The summed E-state index contributed by atoms with van der Waals surface area (Å²) in [6, 6.07) is 1.98. The smallest absolute Gasteiger partial charge is 0.191 e. The van der Waals surface area contributed by atoms with Gasteiger partial charge in [0.2, 0.25) is 0 Å². The van der Waals surface area contributed by atoms with E-state index in [-0.39, 0.29) is 6.04 Å². The standard InChI is InChI=1S/C9H10Br2N6/c1-5(9-14-16-17-15-9)12-4-8-7(11)2-6(10)3-13-8/h2-3,5,12H,4H2,1H3,(H,14,15,16,17). The number of aromatic amines is 1. The number of aromatic nitrogens is 5. The van der Waals surface area contributed by atoms with Gasteiger partial charge >= 0.3 is 0 Å². The number of rotatable bonds is 4. The molecule has 1 atom stereocenters. The first-order valence-corrected chi connectivity index (χ1v) is 6.52. The van der Waals surface area contributed by atoms with Crippen LogP contribution in [0.4, 0.5) is 0 Å². The van der Waals surface area contributed by atoms with Gasteiger partial charge in [-0.1, -0.05) is 5.21 Å². The maximum absolute atomic E-state index is 4.31. The molecule has 2 aromatic heterocycles. The summed E-state index contributed by atoms with van der Waals surface area (Å²) in [5.41, 5.74) is 0.934. The van der Waals surface area contributed by atoms with E-state index in [1.54, 1.807) is 6.20 Å². The summed E-state index contributed by atoms with van der Waals surface area (Å²) in [6.45, 7) is 2.60. The summed E-state index contributed by atoms with van der Waals surface area (Å²) < 4.78 is 1.90. The van der Waals surface area contributed by atoms with E-state index in [4.69, 9.17) is 0 Å². The van der Waals surface area contributed by atoms with Crippen molar-refractivity contribution in [3.8, 4) is 0 Å². The van der Waals surface area contributed by atoms with Crippen LogP contribution in [0.2, 0.25) is 0 Å². The molecule has 0 aliphatic rings. The maximum Gasteiger partial charge on any atom is 0.191 e. The molecule has 2 rings (SSSR count). The molecule has 0 amide bonds. The predicted molar refractivity (Wildman–Crippen MR) is 69.1 cm³/mol. The van der Waals surface area contributed by atoms with E-state index in [0.29, 0.717) is 12.4 Å². The number of nitrogens with zero attached hydrogens (tertiary/aromatic N) is 4. The van der Waals surface area contributed by atoms with Gasteiger partial charge in [0.05, 0.1) is 11.7 Å². The second kappa shape index (κ2) is 5.65. The van der Waals surface area contributed by atoms with Crippen LogP contribution in [0.15, 0.2) is 21.2 Å². The largest absolute Gasteiger partial charge is 0.302 e. The van der Waals surface area contributed by atoms with E-state index in [0.717, 1.165) is 14.6 Å². The summed E-state index contributed by atoms with van der Waals surface area (Å²) in [4.78, 5) is 4.31. The third kappa shape index (κ3) is 3.30. The van der Waals surface area contributed by atoms with Gasteiger partial charge in [-0.25, -0.2) is 0 Å². The van der Waals surface area contributed by atoms with Crippen LogP contribution in [0.25, 0.3) is 0 Å². The van der Waals surface area contributed by atoms with Crippen molar-refractivity contribution in [2.24, 2.45) is 0 Å². The van der Waals surface area contributed by atoms with E-state index in [1.807, 2.05) is 13.0 Å². The number of nitrogens with one attached hydrogen (secondary N) is 2. The molecule has 8 heteroatoms. The summed E-state index contributed by atoms with van der Waals surface area (Å²) in [5.74, 6) is 0.637. The Bertz CT molecular complexity index is 486. The fourth-order valence-electron chi connectivity index (χ4n) is 1.27. The van der Waals surface area contributed by atoms with Gasteiger partial charge in [-0.15, -0.1) is 10.2 Å². The third-order valence-corrected chi connectivity index (χ3v) is 3.33. The lowest BCUT2D eigenvalue weighted by Gasteiger charge is -2.10. The highest BCUT2D eigenvalue weighted by Gasteiger charge is 2.10. The fourth-order valence-corrected chi connectivity index (χ4v) is 2.39. The van der Waals surface area contributed by atoms with Crippen LogP contribution in [0, 0.1) is 0 Å². The van der Waals surface area contributed by atoms with E-state index >= 15 is 0 Å². The van der Waals surface area contributed by atoms with Gasteiger partial charge in [0, 0.05) is 21.7 Å². The third-order valence-electron chi connectivity index (χ3n) is 2.21. The first-order chi connectivity index (χ1) is 8.16. The Morgan fingerprint density at radius 2 is 2.29 bits per heavy atom. The molecular weight excluding hydrogens is 352 g/mol. The van der Waals surface area contributed by atoms with Crippen molar-refractivity contribution in [1.82, 2.24) is 30.9 Å². The minimum atomic E-state index is 0.0195. The highest BCUT2D eigenvalue weighted by atomic mass is 79.9. The second-order valence-electron chi connectivity index (χ2n) is 3.45. The monoisotopic (exact) mass is 360 g/mol. The zero-order valence-corrected chi connectivity index (χ0v) is 12.2. The fraction of sp³-hybridized carbons (Fsp3) is 0.333. The van der Waals surface area contributed by atoms with Crippen LogP contribution in [-0.4, -0.2) is 25.6 Å². The topological polar surface area (TPSA) is 79.4 Å². The number of halogens is 2. The van der Waals surface area contributed by atoms with E-state index < -0.39 is 0 Å². The quantitative estimate of drug-likeness (QED) is 0.870. The molecule has 0 aliphatic carbocycles. The molecule has 90 valence electrons. The molecule has 1 unspecified atom stereocenters.